The van der Waals surface area contributed by atoms with Crippen molar-refractivity contribution < 1.29 is 4.52 Å². The highest BCUT2D eigenvalue weighted by Crippen LogP contribution is 2.18. The van der Waals surface area contributed by atoms with Crippen molar-refractivity contribution in [2.45, 2.75) is 26.3 Å². The van der Waals surface area contributed by atoms with Crippen molar-refractivity contribution in [1.29, 1.82) is 0 Å². The van der Waals surface area contributed by atoms with Crippen LogP contribution >= 0.6 is 35.6 Å². The first-order valence-corrected chi connectivity index (χ1v) is 8.70. The molecule has 2 rings (SSSR count). The number of hydrogen-bond acceptors (Lipinski definition) is 4. The average molecular weight is 490 g/mol. The zero-order valence-corrected chi connectivity index (χ0v) is 18.2. The number of rotatable bonds is 8. The first-order valence-electron chi connectivity index (χ1n) is 8.33. The molecule has 0 saturated carbocycles. The maximum absolute atomic E-state index is 5.89. The Balaban J connectivity index is 0.00000338. The Morgan fingerprint density at radius 3 is 2.77 bits per heavy atom. The van der Waals surface area contributed by atoms with E-state index in [1.54, 1.807) is 12.1 Å². The quantitative estimate of drug-likeness (QED) is 0.196. The summed E-state index contributed by atoms with van der Waals surface area (Å²) < 4.78 is 5.30. The Morgan fingerprint density at radius 2 is 2.12 bits per heavy atom. The minimum absolute atomic E-state index is 0. The second-order valence-electron chi connectivity index (χ2n) is 5.54. The van der Waals surface area contributed by atoms with Gasteiger partial charge in [-0.2, -0.15) is 4.98 Å². The lowest BCUT2D eigenvalue weighted by Gasteiger charge is -2.21. The lowest BCUT2D eigenvalue weighted by atomic mass is 10.2. The molecular weight excluding hydrogens is 465 g/mol. The number of allylic oxidation sites excluding steroid dienone is 1. The summed E-state index contributed by atoms with van der Waals surface area (Å²) in [5.74, 6) is 1.82. The van der Waals surface area contributed by atoms with Gasteiger partial charge in [-0.05, 0) is 44.0 Å². The molecule has 0 aliphatic heterocycles. The van der Waals surface area contributed by atoms with Gasteiger partial charge in [-0.25, -0.2) is 4.99 Å². The summed E-state index contributed by atoms with van der Waals surface area (Å²) in [4.78, 5) is 11.0. The summed E-state index contributed by atoms with van der Waals surface area (Å²) in [6, 6.07) is 7.31. The van der Waals surface area contributed by atoms with Gasteiger partial charge in [0, 0.05) is 30.7 Å². The number of halogens is 2. The van der Waals surface area contributed by atoms with Gasteiger partial charge in [-0.1, -0.05) is 22.8 Å². The van der Waals surface area contributed by atoms with E-state index in [1.807, 2.05) is 32.2 Å². The van der Waals surface area contributed by atoms with E-state index < -0.39 is 0 Å². The molecule has 1 N–H and O–H groups in total. The maximum atomic E-state index is 5.89. The van der Waals surface area contributed by atoms with Crippen LogP contribution in [0.4, 0.5) is 0 Å². The maximum Gasteiger partial charge on any atom is 0.248 e. The molecule has 0 fully saturated rings. The third-order valence-corrected chi connectivity index (χ3v) is 3.78. The molecule has 0 saturated heterocycles. The number of guanidine groups is 1. The number of nitrogens with one attached hydrogen (secondary N) is 1. The van der Waals surface area contributed by atoms with Crippen LogP contribution in [0.25, 0.3) is 11.4 Å². The first-order chi connectivity index (χ1) is 12.1. The molecule has 0 aliphatic rings. The van der Waals surface area contributed by atoms with Crippen molar-refractivity contribution >= 4 is 41.5 Å². The van der Waals surface area contributed by atoms with Gasteiger partial charge in [0.2, 0.25) is 11.7 Å². The molecule has 1 aromatic carbocycles. The van der Waals surface area contributed by atoms with E-state index in [-0.39, 0.29) is 24.0 Å². The number of benzene rings is 1. The van der Waals surface area contributed by atoms with Crippen molar-refractivity contribution in [3.63, 3.8) is 0 Å². The molecule has 6 nitrogen and oxygen atoms in total. The van der Waals surface area contributed by atoms with E-state index in [9.17, 15) is 0 Å². The predicted octanol–water partition coefficient (Wildman–Crippen LogP) is 4.37. The van der Waals surface area contributed by atoms with Gasteiger partial charge >= 0.3 is 0 Å². The Morgan fingerprint density at radius 1 is 1.38 bits per heavy atom. The monoisotopic (exact) mass is 489 g/mol. The number of hydrogen-bond donors (Lipinski definition) is 1. The van der Waals surface area contributed by atoms with Crippen molar-refractivity contribution in [2.24, 2.45) is 4.99 Å². The molecule has 0 radical (unpaired) electrons. The fraction of sp³-hybridized carbons (Fsp3) is 0.389. The van der Waals surface area contributed by atoms with Gasteiger partial charge in [-0.3, -0.25) is 0 Å². The molecule has 0 aliphatic carbocycles. The van der Waals surface area contributed by atoms with Gasteiger partial charge in [0.1, 0.15) is 6.54 Å². The summed E-state index contributed by atoms with van der Waals surface area (Å²) >= 11 is 5.89. The minimum atomic E-state index is 0. The van der Waals surface area contributed by atoms with Crippen LogP contribution < -0.4 is 5.32 Å². The Hall–Kier alpha value is -1.61. The second-order valence-corrected chi connectivity index (χ2v) is 5.98. The molecule has 0 unspecified atom stereocenters. The lowest BCUT2D eigenvalue weighted by molar-refractivity contribution is 0.379. The van der Waals surface area contributed by atoms with Crippen LogP contribution in [0.2, 0.25) is 5.02 Å². The largest absolute Gasteiger partial charge is 0.357 e. The van der Waals surface area contributed by atoms with Crippen LogP contribution in [0.5, 0.6) is 0 Å². The van der Waals surface area contributed by atoms with E-state index >= 15 is 0 Å². The highest BCUT2D eigenvalue weighted by atomic mass is 127. The molecule has 1 heterocycles. The highest BCUT2D eigenvalue weighted by Gasteiger charge is 2.10. The van der Waals surface area contributed by atoms with Crippen molar-refractivity contribution in [2.75, 3.05) is 20.1 Å². The minimum Gasteiger partial charge on any atom is -0.357 e. The molecule has 8 heteroatoms. The number of nitrogens with zero attached hydrogens (tertiary/aromatic N) is 4. The smallest absolute Gasteiger partial charge is 0.248 e. The molecule has 1 aromatic heterocycles. The van der Waals surface area contributed by atoms with Crippen LogP contribution in [-0.4, -0.2) is 41.1 Å². The van der Waals surface area contributed by atoms with Crippen LogP contribution in [-0.2, 0) is 6.54 Å². The predicted molar refractivity (Wildman–Crippen MR) is 117 cm³/mol. The van der Waals surface area contributed by atoms with Gasteiger partial charge in [0.05, 0.1) is 0 Å². The molecule has 0 atom stereocenters. The average Bonchev–Trinajstić information content (AvgIpc) is 3.08. The van der Waals surface area contributed by atoms with Crippen LogP contribution in [0.3, 0.4) is 0 Å². The molecule has 26 heavy (non-hydrogen) atoms. The summed E-state index contributed by atoms with van der Waals surface area (Å²) in [6.45, 7) is 7.81. The second kappa shape index (κ2) is 11.9. The van der Waals surface area contributed by atoms with E-state index in [2.05, 4.69) is 31.9 Å². The zero-order valence-electron chi connectivity index (χ0n) is 15.1. The lowest BCUT2D eigenvalue weighted by Crippen LogP contribution is -2.39. The van der Waals surface area contributed by atoms with E-state index in [0.29, 0.717) is 23.3 Å². The fourth-order valence-corrected chi connectivity index (χ4v) is 2.35. The molecule has 0 amide bonds. The van der Waals surface area contributed by atoms with E-state index in [4.69, 9.17) is 16.1 Å². The van der Waals surface area contributed by atoms with Gasteiger partial charge in [0.15, 0.2) is 5.96 Å². The Bertz CT molecular complexity index is 702. The van der Waals surface area contributed by atoms with E-state index in [1.165, 1.54) is 0 Å². The van der Waals surface area contributed by atoms with Crippen molar-refractivity contribution in [3.8, 4) is 11.4 Å². The Labute approximate surface area is 176 Å². The summed E-state index contributed by atoms with van der Waals surface area (Å²) in [5, 5.41) is 7.94. The highest BCUT2D eigenvalue weighted by molar-refractivity contribution is 14.0. The van der Waals surface area contributed by atoms with Gasteiger partial charge in [-0.15, -0.1) is 30.6 Å². The summed E-state index contributed by atoms with van der Waals surface area (Å²) in [7, 11) is 2.01. The first kappa shape index (κ1) is 22.4. The zero-order chi connectivity index (χ0) is 18.1. The number of aliphatic imine (C=N–C) groups is 1. The topological polar surface area (TPSA) is 66.5 Å². The summed E-state index contributed by atoms with van der Waals surface area (Å²) in [5.41, 5.74) is 0.858. The normalized spacial score (nSPS) is 11.0. The van der Waals surface area contributed by atoms with Crippen molar-refractivity contribution in [1.82, 2.24) is 20.4 Å². The molecule has 0 spiro atoms. The third-order valence-electron chi connectivity index (χ3n) is 3.53. The number of aromatic nitrogens is 2. The standard InChI is InChI=1S/C18H24ClN5O.HI/c1-4-6-7-12-24(3)18(20-5-2)21-13-16-22-17(23-25-16)14-8-10-15(19)11-9-14;/h4,8-11H,1,5-7,12-13H2,2-3H3,(H,20,21);1H. The molecule has 2 aromatic rings. The van der Waals surface area contributed by atoms with Crippen LogP contribution in [0, 0.1) is 0 Å². The summed E-state index contributed by atoms with van der Waals surface area (Å²) in [6.07, 6.45) is 3.94. The van der Waals surface area contributed by atoms with Crippen LogP contribution in [0.1, 0.15) is 25.7 Å². The molecular formula is C18H25ClIN5O. The fourth-order valence-electron chi connectivity index (χ4n) is 2.23. The van der Waals surface area contributed by atoms with Crippen LogP contribution in [0.15, 0.2) is 46.4 Å². The van der Waals surface area contributed by atoms with Gasteiger partial charge < -0.3 is 14.7 Å². The van der Waals surface area contributed by atoms with Gasteiger partial charge in [0.25, 0.3) is 0 Å². The third kappa shape index (κ3) is 6.95. The van der Waals surface area contributed by atoms with E-state index in [0.717, 1.165) is 37.5 Å². The Kier molecular flexibility index (Phi) is 10.3. The van der Waals surface area contributed by atoms with Crippen molar-refractivity contribution in [3.05, 3.63) is 47.8 Å². The molecule has 0 bridgehead atoms. The molecule has 142 valence electrons. The number of unbranched alkanes of at least 4 members (excludes halogenated alkanes) is 1. The SMILES string of the molecule is C=CCCCN(C)C(=NCc1nc(-c2ccc(Cl)cc2)no1)NCC.I.